The summed E-state index contributed by atoms with van der Waals surface area (Å²) in [6, 6.07) is 3.70. The van der Waals surface area contributed by atoms with Crippen LogP contribution in [0, 0.1) is 5.92 Å². The van der Waals surface area contributed by atoms with Crippen LogP contribution in [0.4, 0.5) is 5.69 Å². The van der Waals surface area contributed by atoms with Crippen molar-refractivity contribution < 1.29 is 4.79 Å². The lowest BCUT2D eigenvalue weighted by Crippen LogP contribution is -2.20. The summed E-state index contributed by atoms with van der Waals surface area (Å²) in [5.41, 5.74) is 2.29. The number of nitrogens with one attached hydrogen (secondary N) is 1. The molecule has 19 heavy (non-hydrogen) atoms. The summed E-state index contributed by atoms with van der Waals surface area (Å²) < 4.78 is 0.773. The van der Waals surface area contributed by atoms with E-state index in [1.165, 1.54) is 0 Å². The van der Waals surface area contributed by atoms with E-state index < -0.39 is 0 Å². The molecule has 0 aliphatic heterocycles. The van der Waals surface area contributed by atoms with Gasteiger partial charge in [-0.25, -0.2) is 0 Å². The van der Waals surface area contributed by atoms with Crippen LogP contribution < -0.4 is 5.32 Å². The molecule has 1 atom stereocenters. The Morgan fingerprint density at radius 3 is 2.84 bits per heavy atom. The monoisotopic (exact) mass is 321 g/mol. The highest BCUT2D eigenvalue weighted by atomic mass is 79.9. The van der Waals surface area contributed by atoms with Gasteiger partial charge in [-0.2, -0.15) is 0 Å². The Morgan fingerprint density at radius 1 is 1.37 bits per heavy atom. The first-order chi connectivity index (χ1) is 9.13. The molecule has 2 aromatic rings. The van der Waals surface area contributed by atoms with E-state index in [4.69, 9.17) is 0 Å². The van der Waals surface area contributed by atoms with Gasteiger partial charge in [0.2, 0.25) is 5.91 Å². The molecule has 0 fully saturated rings. The van der Waals surface area contributed by atoms with Crippen molar-refractivity contribution in [1.82, 2.24) is 9.97 Å². The first-order valence-electron chi connectivity index (χ1n) is 6.33. The highest BCUT2D eigenvalue weighted by molar-refractivity contribution is 9.10. The third-order valence-electron chi connectivity index (χ3n) is 3.01. The maximum atomic E-state index is 12.0. The summed E-state index contributed by atoms with van der Waals surface area (Å²) in [5.74, 6) is 0.0419. The zero-order valence-electron chi connectivity index (χ0n) is 11.0. The van der Waals surface area contributed by atoms with Gasteiger partial charge in [-0.1, -0.05) is 20.3 Å². The molecule has 0 saturated carbocycles. The first-order valence-corrected chi connectivity index (χ1v) is 7.13. The average molecular weight is 322 g/mol. The minimum atomic E-state index is 0.00875. The van der Waals surface area contributed by atoms with Crippen molar-refractivity contribution in [1.29, 1.82) is 0 Å². The number of hydrogen-bond acceptors (Lipinski definition) is 3. The number of benzene rings is 1. The van der Waals surface area contributed by atoms with Crippen LogP contribution in [-0.2, 0) is 4.79 Å². The first kappa shape index (κ1) is 13.9. The molecule has 2 rings (SSSR count). The summed E-state index contributed by atoms with van der Waals surface area (Å²) >= 11 is 3.48. The van der Waals surface area contributed by atoms with E-state index in [-0.39, 0.29) is 11.8 Å². The second kappa shape index (κ2) is 6.10. The molecule has 1 unspecified atom stereocenters. The van der Waals surface area contributed by atoms with E-state index in [1.807, 2.05) is 19.1 Å². The van der Waals surface area contributed by atoms with Crippen molar-refractivity contribution in [2.75, 3.05) is 5.32 Å². The number of carbonyl (C=O) groups is 1. The van der Waals surface area contributed by atoms with Gasteiger partial charge in [-0.05, 0) is 34.5 Å². The van der Waals surface area contributed by atoms with E-state index in [0.29, 0.717) is 0 Å². The number of amides is 1. The summed E-state index contributed by atoms with van der Waals surface area (Å²) in [7, 11) is 0. The zero-order valence-corrected chi connectivity index (χ0v) is 12.6. The van der Waals surface area contributed by atoms with Crippen LogP contribution in [-0.4, -0.2) is 15.9 Å². The topological polar surface area (TPSA) is 54.9 Å². The molecule has 1 N–H and O–H groups in total. The SMILES string of the molecule is CCCC(C)C(=O)Nc1ccc2nccnc2c1Br. The summed E-state index contributed by atoms with van der Waals surface area (Å²) in [4.78, 5) is 20.5. The predicted octanol–water partition coefficient (Wildman–Crippen LogP) is 3.77. The van der Waals surface area contributed by atoms with Crippen molar-refractivity contribution in [3.63, 3.8) is 0 Å². The lowest BCUT2D eigenvalue weighted by molar-refractivity contribution is -0.119. The Labute approximate surface area is 120 Å². The molecule has 100 valence electrons. The fourth-order valence-electron chi connectivity index (χ4n) is 1.92. The average Bonchev–Trinajstić information content (AvgIpc) is 2.42. The molecule has 1 heterocycles. The number of hydrogen-bond donors (Lipinski definition) is 1. The molecular formula is C14H16BrN3O. The third kappa shape index (κ3) is 3.10. The van der Waals surface area contributed by atoms with Crippen molar-refractivity contribution in [2.45, 2.75) is 26.7 Å². The largest absolute Gasteiger partial charge is 0.325 e. The van der Waals surface area contributed by atoms with Gasteiger partial charge in [0.1, 0.15) is 5.52 Å². The van der Waals surface area contributed by atoms with Crippen molar-refractivity contribution in [3.05, 3.63) is 29.0 Å². The summed E-state index contributed by atoms with van der Waals surface area (Å²) in [5, 5.41) is 2.93. The van der Waals surface area contributed by atoms with Gasteiger partial charge in [0, 0.05) is 18.3 Å². The smallest absolute Gasteiger partial charge is 0.227 e. The quantitative estimate of drug-likeness (QED) is 0.932. The lowest BCUT2D eigenvalue weighted by atomic mass is 10.1. The highest BCUT2D eigenvalue weighted by Gasteiger charge is 2.14. The summed E-state index contributed by atoms with van der Waals surface area (Å²) in [6.07, 6.45) is 5.17. The fraction of sp³-hybridized carbons (Fsp3) is 0.357. The molecule has 0 radical (unpaired) electrons. The van der Waals surface area contributed by atoms with Crippen LogP contribution in [0.2, 0.25) is 0 Å². The second-order valence-corrected chi connectivity index (χ2v) is 5.32. The minimum absolute atomic E-state index is 0.00875. The Balaban J connectivity index is 2.26. The number of halogens is 1. The lowest BCUT2D eigenvalue weighted by Gasteiger charge is -2.13. The fourth-order valence-corrected chi connectivity index (χ4v) is 2.46. The predicted molar refractivity (Wildman–Crippen MR) is 79.9 cm³/mol. The Morgan fingerprint density at radius 2 is 2.11 bits per heavy atom. The Kier molecular flexibility index (Phi) is 4.47. The maximum Gasteiger partial charge on any atom is 0.227 e. The van der Waals surface area contributed by atoms with Crippen LogP contribution in [0.3, 0.4) is 0 Å². The van der Waals surface area contributed by atoms with Crippen molar-refractivity contribution >= 4 is 38.6 Å². The molecule has 1 amide bonds. The number of nitrogens with zero attached hydrogens (tertiary/aromatic N) is 2. The van der Waals surface area contributed by atoms with Gasteiger partial charge in [-0.3, -0.25) is 14.8 Å². The zero-order chi connectivity index (χ0) is 13.8. The van der Waals surface area contributed by atoms with Gasteiger partial charge in [0.25, 0.3) is 0 Å². The van der Waals surface area contributed by atoms with Gasteiger partial charge < -0.3 is 5.32 Å². The van der Waals surface area contributed by atoms with Crippen LogP contribution in [0.25, 0.3) is 11.0 Å². The maximum absolute atomic E-state index is 12.0. The number of anilines is 1. The molecule has 0 aliphatic rings. The number of rotatable bonds is 4. The van der Waals surface area contributed by atoms with Gasteiger partial charge >= 0.3 is 0 Å². The van der Waals surface area contributed by atoms with Gasteiger partial charge in [-0.15, -0.1) is 0 Å². The number of aromatic nitrogens is 2. The van der Waals surface area contributed by atoms with Crippen LogP contribution in [0.15, 0.2) is 29.0 Å². The van der Waals surface area contributed by atoms with E-state index in [2.05, 4.69) is 38.1 Å². The Bertz CT molecular complexity index is 600. The highest BCUT2D eigenvalue weighted by Crippen LogP contribution is 2.29. The molecular weight excluding hydrogens is 306 g/mol. The summed E-state index contributed by atoms with van der Waals surface area (Å²) in [6.45, 7) is 4.01. The molecule has 4 nitrogen and oxygen atoms in total. The molecule has 5 heteroatoms. The van der Waals surface area contributed by atoms with Crippen LogP contribution >= 0.6 is 15.9 Å². The van der Waals surface area contributed by atoms with Crippen molar-refractivity contribution in [3.8, 4) is 0 Å². The van der Waals surface area contributed by atoms with Crippen molar-refractivity contribution in [2.24, 2.45) is 5.92 Å². The molecule has 0 saturated heterocycles. The standard InChI is InChI=1S/C14H16BrN3O/c1-3-4-9(2)14(19)18-10-5-6-11-13(12(10)15)17-8-7-16-11/h5-9H,3-4H2,1-2H3,(H,18,19). The van der Waals surface area contributed by atoms with Gasteiger partial charge in [0.15, 0.2) is 0 Å². The normalized spacial score (nSPS) is 12.4. The van der Waals surface area contributed by atoms with Crippen LogP contribution in [0.5, 0.6) is 0 Å². The van der Waals surface area contributed by atoms with Crippen LogP contribution in [0.1, 0.15) is 26.7 Å². The molecule has 0 aliphatic carbocycles. The molecule has 0 bridgehead atoms. The third-order valence-corrected chi connectivity index (χ3v) is 3.81. The van der Waals surface area contributed by atoms with E-state index in [9.17, 15) is 4.79 Å². The number of carbonyl (C=O) groups excluding carboxylic acids is 1. The van der Waals surface area contributed by atoms with E-state index >= 15 is 0 Å². The Hall–Kier alpha value is -1.49. The molecule has 0 spiro atoms. The number of fused-ring (bicyclic) bond motifs is 1. The molecule has 1 aromatic carbocycles. The second-order valence-electron chi connectivity index (χ2n) is 4.53. The molecule has 1 aromatic heterocycles. The van der Waals surface area contributed by atoms with E-state index in [0.717, 1.165) is 34.0 Å². The van der Waals surface area contributed by atoms with E-state index in [1.54, 1.807) is 12.4 Å². The minimum Gasteiger partial charge on any atom is -0.325 e. The van der Waals surface area contributed by atoms with Gasteiger partial charge in [0.05, 0.1) is 15.7 Å².